The van der Waals surface area contributed by atoms with Crippen molar-refractivity contribution in [3.8, 4) is 0 Å². The van der Waals surface area contributed by atoms with E-state index < -0.39 is 18.0 Å². The van der Waals surface area contributed by atoms with E-state index in [9.17, 15) is 4.79 Å². The summed E-state index contributed by atoms with van der Waals surface area (Å²) >= 11 is 12.7. The summed E-state index contributed by atoms with van der Waals surface area (Å²) in [5, 5.41) is 10.7. The van der Waals surface area contributed by atoms with E-state index in [1.807, 2.05) is 61.5 Å². The van der Waals surface area contributed by atoms with Crippen molar-refractivity contribution in [1.82, 2.24) is 14.3 Å². The molecule has 0 bridgehead atoms. The van der Waals surface area contributed by atoms with Crippen molar-refractivity contribution >= 4 is 57.3 Å². The Kier molecular flexibility index (Phi) is 6.02. The molecule has 0 saturated carbocycles. The third-order valence-corrected chi connectivity index (χ3v) is 8.54. The highest BCUT2D eigenvalue weighted by Gasteiger charge is 2.56. The predicted molar refractivity (Wildman–Crippen MR) is 151 cm³/mol. The van der Waals surface area contributed by atoms with Crippen LogP contribution in [-0.2, 0) is 9.59 Å². The van der Waals surface area contributed by atoms with E-state index >= 15 is 4.79 Å². The second-order valence-corrected chi connectivity index (χ2v) is 10.7. The summed E-state index contributed by atoms with van der Waals surface area (Å²) in [6.07, 6.45) is 2.90. The maximum Gasteiger partial charge on any atom is 0.351 e. The fraction of sp³-hybridized carbons (Fsp3) is 0.207. The number of carbonyl (C=O) groups is 2. The lowest BCUT2D eigenvalue weighted by molar-refractivity contribution is -0.133. The number of primary amides is 1. The van der Waals surface area contributed by atoms with Crippen molar-refractivity contribution in [2.75, 3.05) is 11.9 Å². The SMILES string of the molecule is CC1=C(C(=O)[N+]2(c3ccc4ccccc4c3)CCC[C@H]2C(N)=O)C(c2ccc(Cl)c(Cl)c2)n2nccc2N1. The van der Waals surface area contributed by atoms with Crippen molar-refractivity contribution in [2.24, 2.45) is 5.73 Å². The Hall–Kier alpha value is -3.65. The van der Waals surface area contributed by atoms with Gasteiger partial charge in [-0.1, -0.05) is 53.5 Å². The molecule has 1 aromatic heterocycles. The molecule has 7 nitrogen and oxygen atoms in total. The molecule has 9 heteroatoms. The summed E-state index contributed by atoms with van der Waals surface area (Å²) in [5.41, 5.74) is 8.68. The Balaban J connectivity index is 1.58. The fourth-order valence-corrected chi connectivity index (χ4v) is 6.36. The monoisotopic (exact) mass is 546 g/mol. The maximum absolute atomic E-state index is 15.0. The van der Waals surface area contributed by atoms with E-state index in [4.69, 9.17) is 28.9 Å². The molecule has 3 atom stereocenters. The number of nitrogens with zero attached hydrogens (tertiary/aromatic N) is 3. The molecule has 192 valence electrons. The minimum Gasteiger partial charge on any atom is -0.364 e. The number of aromatic nitrogens is 2. The molecular weight excluding hydrogens is 521 g/mol. The zero-order valence-corrected chi connectivity index (χ0v) is 22.2. The van der Waals surface area contributed by atoms with Gasteiger partial charge >= 0.3 is 5.91 Å². The van der Waals surface area contributed by atoms with Crippen LogP contribution in [0.4, 0.5) is 11.5 Å². The van der Waals surface area contributed by atoms with Gasteiger partial charge in [0.2, 0.25) is 0 Å². The number of allylic oxidation sites excluding steroid dienone is 1. The number of nitrogens with two attached hydrogens (primary N) is 1. The van der Waals surface area contributed by atoms with E-state index in [0.29, 0.717) is 40.7 Å². The van der Waals surface area contributed by atoms with Gasteiger partial charge in [0.05, 0.1) is 22.8 Å². The molecule has 3 N–H and O–H groups in total. The minimum absolute atomic E-state index is 0.178. The molecule has 3 heterocycles. The summed E-state index contributed by atoms with van der Waals surface area (Å²) in [6, 6.07) is 19.8. The average Bonchev–Trinajstić information content (AvgIpc) is 3.57. The van der Waals surface area contributed by atoms with E-state index in [-0.39, 0.29) is 10.4 Å². The molecule has 3 aromatic carbocycles. The Bertz CT molecular complexity index is 1640. The molecule has 2 amide bonds. The van der Waals surface area contributed by atoms with Crippen LogP contribution in [0.2, 0.25) is 10.0 Å². The molecule has 2 aliphatic heterocycles. The first kappa shape index (κ1) is 24.7. The lowest BCUT2D eigenvalue weighted by atomic mass is 9.92. The van der Waals surface area contributed by atoms with E-state index in [1.54, 1.807) is 23.0 Å². The summed E-state index contributed by atoms with van der Waals surface area (Å²) in [4.78, 5) is 27.9. The van der Waals surface area contributed by atoms with Gasteiger partial charge in [0.15, 0.2) is 6.04 Å². The zero-order valence-electron chi connectivity index (χ0n) is 20.7. The van der Waals surface area contributed by atoms with Crippen LogP contribution in [-0.4, -0.2) is 34.2 Å². The smallest absolute Gasteiger partial charge is 0.351 e. The second kappa shape index (κ2) is 9.27. The highest BCUT2D eigenvalue weighted by Crippen LogP contribution is 2.44. The molecule has 1 saturated heterocycles. The van der Waals surface area contributed by atoms with Crippen LogP contribution in [0.25, 0.3) is 10.8 Å². The van der Waals surface area contributed by atoms with Crippen LogP contribution in [0.3, 0.4) is 0 Å². The Morgan fingerprint density at radius 3 is 2.58 bits per heavy atom. The van der Waals surface area contributed by atoms with E-state index in [1.165, 1.54) is 0 Å². The molecule has 6 rings (SSSR count). The fourth-order valence-electron chi connectivity index (χ4n) is 6.05. The molecule has 0 aliphatic carbocycles. The van der Waals surface area contributed by atoms with Crippen LogP contribution in [0, 0.1) is 0 Å². The van der Waals surface area contributed by atoms with Crippen LogP contribution >= 0.6 is 23.2 Å². The van der Waals surface area contributed by atoms with Crippen molar-refractivity contribution in [3.05, 3.63) is 99.8 Å². The Morgan fingerprint density at radius 1 is 1.03 bits per heavy atom. The van der Waals surface area contributed by atoms with Gasteiger partial charge in [-0.25, -0.2) is 14.0 Å². The third kappa shape index (κ3) is 3.73. The first-order chi connectivity index (χ1) is 18.3. The van der Waals surface area contributed by atoms with Crippen LogP contribution in [0.1, 0.15) is 31.4 Å². The first-order valence-corrected chi connectivity index (χ1v) is 13.2. The van der Waals surface area contributed by atoms with Gasteiger partial charge in [-0.05, 0) is 41.5 Å². The third-order valence-electron chi connectivity index (χ3n) is 7.80. The number of rotatable bonds is 4. The van der Waals surface area contributed by atoms with Crippen LogP contribution in [0.15, 0.2) is 84.2 Å². The second-order valence-electron chi connectivity index (χ2n) is 9.89. The summed E-state index contributed by atoms with van der Waals surface area (Å²) in [5.74, 6) is 0.0703. The summed E-state index contributed by atoms with van der Waals surface area (Å²) in [6.45, 7) is 2.34. The molecule has 38 heavy (non-hydrogen) atoms. The minimum atomic E-state index is -0.697. The van der Waals surface area contributed by atoms with Crippen molar-refractivity contribution in [1.29, 1.82) is 0 Å². The Morgan fingerprint density at radius 2 is 1.82 bits per heavy atom. The summed E-state index contributed by atoms with van der Waals surface area (Å²) in [7, 11) is 0. The number of nitrogens with one attached hydrogen (secondary N) is 1. The number of anilines is 1. The highest BCUT2D eigenvalue weighted by atomic mass is 35.5. The van der Waals surface area contributed by atoms with Gasteiger partial charge in [0.25, 0.3) is 5.91 Å². The number of fused-ring (bicyclic) bond motifs is 2. The van der Waals surface area contributed by atoms with E-state index in [2.05, 4.69) is 10.4 Å². The van der Waals surface area contributed by atoms with Crippen LogP contribution < -0.4 is 15.5 Å². The maximum atomic E-state index is 15.0. The summed E-state index contributed by atoms with van der Waals surface area (Å²) < 4.78 is 1.59. The number of benzene rings is 3. The van der Waals surface area contributed by atoms with Gasteiger partial charge in [0, 0.05) is 36.7 Å². The molecular formula is C29H26Cl2N5O2+. The standard InChI is InChI=1S/C29H25Cl2N5O2/c1-17-26(27(35-25(34-17)12-13-33-35)20-9-11-22(30)23(31)16-20)29(38)36(14-4-7-24(36)28(32)37)21-10-8-18-5-2-3-6-19(18)15-21/h2-3,5-6,8-13,15-16,24,27H,4,7,14H2,1H3,(H2-,32,33,34,37,38)/p+1/t24-,27?,36?/m0/s1. The molecule has 0 radical (unpaired) electrons. The van der Waals surface area contributed by atoms with Crippen molar-refractivity contribution in [3.63, 3.8) is 0 Å². The number of halogens is 2. The molecule has 0 spiro atoms. The number of likely N-dealkylation sites (tertiary alicyclic amines) is 1. The van der Waals surface area contributed by atoms with Gasteiger partial charge in [0.1, 0.15) is 23.1 Å². The molecule has 1 fully saturated rings. The predicted octanol–water partition coefficient (Wildman–Crippen LogP) is 5.81. The van der Waals surface area contributed by atoms with Gasteiger partial charge < -0.3 is 11.1 Å². The van der Waals surface area contributed by atoms with Crippen LogP contribution in [0.5, 0.6) is 0 Å². The molecule has 2 unspecified atom stereocenters. The number of quaternary nitrogens is 1. The van der Waals surface area contributed by atoms with Crippen molar-refractivity contribution in [2.45, 2.75) is 31.8 Å². The number of hydrogen-bond donors (Lipinski definition) is 2. The average molecular weight is 547 g/mol. The topological polar surface area (TPSA) is 90.0 Å². The number of hydrogen-bond acceptors (Lipinski definition) is 4. The zero-order chi connectivity index (χ0) is 26.6. The largest absolute Gasteiger partial charge is 0.364 e. The number of amides is 2. The molecule has 4 aromatic rings. The molecule has 2 aliphatic rings. The Labute approximate surface area is 230 Å². The quantitative estimate of drug-likeness (QED) is 0.316. The van der Waals surface area contributed by atoms with E-state index in [0.717, 1.165) is 27.8 Å². The van der Waals surface area contributed by atoms with Gasteiger partial charge in [-0.2, -0.15) is 5.10 Å². The normalized spacial score (nSPS) is 22.8. The highest BCUT2D eigenvalue weighted by molar-refractivity contribution is 6.42. The van der Waals surface area contributed by atoms with Gasteiger partial charge in [-0.3, -0.25) is 4.79 Å². The lowest BCUT2D eigenvalue weighted by Crippen LogP contribution is -2.63. The first-order valence-electron chi connectivity index (χ1n) is 12.5. The van der Waals surface area contributed by atoms with Crippen molar-refractivity contribution < 1.29 is 9.59 Å². The van der Waals surface area contributed by atoms with Gasteiger partial charge in [-0.15, -0.1) is 0 Å². The lowest BCUT2D eigenvalue weighted by Gasteiger charge is -2.39. The number of carbonyl (C=O) groups excluding carboxylic acids is 2.